The topological polar surface area (TPSA) is 75.9 Å². The highest BCUT2D eigenvalue weighted by atomic mass is 16.5. The normalized spacial score (nSPS) is 17.1. The largest absolute Gasteiger partial charge is 0.496 e. The molecule has 2 N–H and O–H groups in total. The molecule has 0 bridgehead atoms. The lowest BCUT2D eigenvalue weighted by Gasteiger charge is -2.32. The number of nitrogens with two attached hydrogens (primary N) is 1. The van der Waals surface area contributed by atoms with Crippen LogP contribution >= 0.6 is 0 Å². The Hall–Kier alpha value is -2.08. The smallest absolute Gasteiger partial charge is 0.242 e. The average molecular weight is 291 g/mol. The van der Waals surface area contributed by atoms with Gasteiger partial charge in [-0.25, -0.2) is 0 Å². The third-order valence-electron chi connectivity index (χ3n) is 3.67. The summed E-state index contributed by atoms with van der Waals surface area (Å²) in [4.78, 5) is 26.8. The number of likely N-dealkylation sites (N-methyl/N-ethyl adjacent to an activating group) is 1. The first-order valence-electron chi connectivity index (χ1n) is 6.86. The number of ether oxygens (including phenoxy) is 1. The number of carbonyl (C=O) groups excluding carboxylic acids is 2. The number of methoxy groups -OCH3 is 1. The molecule has 1 fully saturated rings. The van der Waals surface area contributed by atoms with Gasteiger partial charge in [-0.05, 0) is 24.6 Å². The minimum atomic E-state index is -0.0977. The fourth-order valence-corrected chi connectivity index (χ4v) is 2.32. The number of piperazine rings is 1. The molecule has 0 saturated carbocycles. The maximum absolute atomic E-state index is 12.0. The van der Waals surface area contributed by atoms with Crippen LogP contribution in [0, 0.1) is 0 Å². The van der Waals surface area contributed by atoms with Crippen molar-refractivity contribution in [1.82, 2.24) is 9.80 Å². The van der Waals surface area contributed by atoms with Crippen molar-refractivity contribution in [2.24, 2.45) is 5.73 Å². The predicted octanol–water partition coefficient (Wildman–Crippen LogP) is 0.516. The first kappa shape index (κ1) is 15.3. The van der Waals surface area contributed by atoms with Crippen molar-refractivity contribution in [3.63, 3.8) is 0 Å². The number of hydrogen-bond donors (Lipinski definition) is 1. The fourth-order valence-electron chi connectivity index (χ4n) is 2.32. The second-order valence-corrected chi connectivity index (χ2v) is 5.36. The number of nitrogens with zero attached hydrogens (tertiary/aromatic N) is 2. The number of amides is 2. The first-order chi connectivity index (χ1) is 9.92. The van der Waals surface area contributed by atoms with E-state index >= 15 is 0 Å². The van der Waals surface area contributed by atoms with Crippen LogP contribution in [-0.2, 0) is 16.1 Å². The van der Waals surface area contributed by atoms with Gasteiger partial charge in [-0.2, -0.15) is 0 Å². The van der Waals surface area contributed by atoms with Crippen LogP contribution in [0.25, 0.3) is 0 Å². The molecule has 6 heteroatoms. The molecule has 1 aliphatic rings. The van der Waals surface area contributed by atoms with Gasteiger partial charge in [-0.1, -0.05) is 6.07 Å². The summed E-state index contributed by atoms with van der Waals surface area (Å²) in [6.45, 7) is 2.47. The summed E-state index contributed by atoms with van der Waals surface area (Å²) in [6, 6.07) is 5.58. The quantitative estimate of drug-likeness (QED) is 0.877. The molecule has 0 aromatic heterocycles. The number of carbonyl (C=O) groups is 2. The summed E-state index contributed by atoms with van der Waals surface area (Å²) in [5.74, 6) is 0.570. The lowest BCUT2D eigenvalue weighted by Crippen LogP contribution is -2.51. The van der Waals surface area contributed by atoms with Crippen LogP contribution in [0.1, 0.15) is 24.1 Å². The van der Waals surface area contributed by atoms with Gasteiger partial charge in [0.15, 0.2) is 0 Å². The van der Waals surface area contributed by atoms with Gasteiger partial charge in [0.25, 0.3) is 0 Å². The van der Waals surface area contributed by atoms with Crippen LogP contribution in [0.5, 0.6) is 5.75 Å². The molecule has 6 nitrogen and oxygen atoms in total. The second-order valence-electron chi connectivity index (χ2n) is 5.36. The Kier molecular flexibility index (Phi) is 4.47. The molecule has 2 amide bonds. The molecule has 1 aromatic rings. The van der Waals surface area contributed by atoms with Gasteiger partial charge in [-0.15, -0.1) is 0 Å². The van der Waals surface area contributed by atoms with E-state index in [1.54, 1.807) is 19.1 Å². The molecule has 21 heavy (non-hydrogen) atoms. The molecule has 2 rings (SSSR count). The summed E-state index contributed by atoms with van der Waals surface area (Å²) in [6.07, 6.45) is 0. The van der Waals surface area contributed by atoms with Crippen molar-refractivity contribution < 1.29 is 14.3 Å². The molecule has 114 valence electrons. The van der Waals surface area contributed by atoms with Gasteiger partial charge in [0, 0.05) is 25.2 Å². The maximum Gasteiger partial charge on any atom is 0.242 e. The van der Waals surface area contributed by atoms with Crippen molar-refractivity contribution >= 4 is 11.8 Å². The molecule has 0 radical (unpaired) electrons. The van der Waals surface area contributed by atoms with Crippen LogP contribution in [0.2, 0.25) is 0 Å². The molecule has 1 atom stereocenters. The van der Waals surface area contributed by atoms with Gasteiger partial charge in [-0.3, -0.25) is 9.59 Å². The Labute approximate surface area is 124 Å². The highest BCUT2D eigenvalue weighted by Crippen LogP contribution is 2.24. The number of benzene rings is 1. The summed E-state index contributed by atoms with van der Waals surface area (Å²) >= 11 is 0. The lowest BCUT2D eigenvalue weighted by molar-refractivity contribution is -0.149. The summed E-state index contributed by atoms with van der Waals surface area (Å²) in [5.41, 5.74) is 7.72. The average Bonchev–Trinajstić information content (AvgIpc) is 2.44. The van der Waals surface area contributed by atoms with Crippen LogP contribution in [-0.4, -0.2) is 48.9 Å². The van der Waals surface area contributed by atoms with E-state index in [9.17, 15) is 9.59 Å². The monoisotopic (exact) mass is 291 g/mol. The lowest BCUT2D eigenvalue weighted by atomic mass is 10.0. The predicted molar refractivity (Wildman–Crippen MR) is 78.7 cm³/mol. The van der Waals surface area contributed by atoms with E-state index < -0.39 is 0 Å². The Morgan fingerprint density at radius 1 is 1.29 bits per heavy atom. The summed E-state index contributed by atoms with van der Waals surface area (Å²) < 4.78 is 5.33. The van der Waals surface area contributed by atoms with E-state index in [-0.39, 0.29) is 30.9 Å². The van der Waals surface area contributed by atoms with Crippen molar-refractivity contribution in [3.05, 3.63) is 29.3 Å². The second kappa shape index (κ2) is 6.13. The van der Waals surface area contributed by atoms with E-state index in [1.165, 1.54) is 4.90 Å². The van der Waals surface area contributed by atoms with E-state index in [0.717, 1.165) is 11.1 Å². The van der Waals surface area contributed by atoms with Crippen molar-refractivity contribution in [2.75, 3.05) is 27.2 Å². The van der Waals surface area contributed by atoms with Gasteiger partial charge in [0.1, 0.15) is 12.3 Å². The van der Waals surface area contributed by atoms with Crippen molar-refractivity contribution in [3.8, 4) is 5.75 Å². The van der Waals surface area contributed by atoms with E-state index in [2.05, 4.69) is 0 Å². The molecule has 0 spiro atoms. The summed E-state index contributed by atoms with van der Waals surface area (Å²) in [7, 11) is 3.22. The summed E-state index contributed by atoms with van der Waals surface area (Å²) in [5, 5.41) is 0. The third kappa shape index (κ3) is 3.33. The van der Waals surface area contributed by atoms with Crippen LogP contribution < -0.4 is 10.5 Å². The number of rotatable bonds is 4. The zero-order valence-corrected chi connectivity index (χ0v) is 12.6. The Morgan fingerprint density at radius 3 is 2.62 bits per heavy atom. The van der Waals surface area contributed by atoms with E-state index in [0.29, 0.717) is 12.3 Å². The maximum atomic E-state index is 12.0. The van der Waals surface area contributed by atoms with Gasteiger partial charge in [0.2, 0.25) is 11.8 Å². The zero-order valence-electron chi connectivity index (χ0n) is 12.6. The first-order valence-corrected chi connectivity index (χ1v) is 6.86. The molecule has 1 saturated heterocycles. The van der Waals surface area contributed by atoms with Crippen molar-refractivity contribution in [2.45, 2.75) is 19.5 Å². The van der Waals surface area contributed by atoms with Crippen molar-refractivity contribution in [1.29, 1.82) is 0 Å². The molecular formula is C15H21N3O3. The zero-order chi connectivity index (χ0) is 15.6. The van der Waals surface area contributed by atoms with Crippen LogP contribution in [0.4, 0.5) is 0 Å². The highest BCUT2D eigenvalue weighted by Gasteiger charge is 2.28. The van der Waals surface area contributed by atoms with Crippen LogP contribution in [0.15, 0.2) is 18.2 Å². The minimum Gasteiger partial charge on any atom is -0.496 e. The van der Waals surface area contributed by atoms with Gasteiger partial charge >= 0.3 is 0 Å². The van der Waals surface area contributed by atoms with E-state index in [4.69, 9.17) is 10.5 Å². The molecule has 1 unspecified atom stereocenters. The van der Waals surface area contributed by atoms with E-state index in [1.807, 2.05) is 25.1 Å². The molecule has 0 aliphatic carbocycles. The third-order valence-corrected chi connectivity index (χ3v) is 3.67. The highest BCUT2D eigenvalue weighted by molar-refractivity contribution is 5.92. The Morgan fingerprint density at radius 2 is 2.00 bits per heavy atom. The SMILES string of the molecule is COc1ccc(C(C)N)cc1CN1CC(=O)N(C)CC1=O. The Bertz CT molecular complexity index is 557. The molecule has 1 aliphatic heterocycles. The van der Waals surface area contributed by atoms with Crippen LogP contribution in [0.3, 0.4) is 0 Å². The standard InChI is InChI=1S/C15H21N3O3/c1-10(16)11-4-5-13(21-3)12(6-11)7-18-9-14(19)17(2)8-15(18)20/h4-6,10H,7-9,16H2,1-3H3. The fraction of sp³-hybridized carbons (Fsp3) is 0.467. The number of hydrogen-bond acceptors (Lipinski definition) is 4. The minimum absolute atomic E-state index is 0.0584. The molecule has 1 heterocycles. The molecule has 1 aromatic carbocycles. The Balaban J connectivity index is 2.23. The molecular weight excluding hydrogens is 270 g/mol. The van der Waals surface area contributed by atoms with Gasteiger partial charge in [0.05, 0.1) is 13.7 Å². The van der Waals surface area contributed by atoms with Gasteiger partial charge < -0.3 is 20.3 Å².